The molecule has 102 valence electrons. The predicted octanol–water partition coefficient (Wildman–Crippen LogP) is 2.87. The summed E-state index contributed by atoms with van der Waals surface area (Å²) in [6.45, 7) is 7.60. The summed E-state index contributed by atoms with van der Waals surface area (Å²) >= 11 is 0. The summed E-state index contributed by atoms with van der Waals surface area (Å²) in [5, 5.41) is 0. The van der Waals surface area contributed by atoms with E-state index in [1.807, 2.05) is 6.92 Å². The van der Waals surface area contributed by atoms with E-state index in [4.69, 9.17) is 9.47 Å². The van der Waals surface area contributed by atoms with Crippen molar-refractivity contribution in [1.82, 2.24) is 0 Å². The maximum absolute atomic E-state index is 11.6. The standard InChI is InChI=1S/C15H18O4/c1-4-9-18-15(17)13-7-5-12(6-8-13)10-19-14(16)11(2)3/h5-8H,2,4,9-10H2,1,3H3. The summed E-state index contributed by atoms with van der Waals surface area (Å²) in [5.74, 6) is -0.765. The van der Waals surface area contributed by atoms with Crippen LogP contribution in [0, 0.1) is 0 Å². The Labute approximate surface area is 113 Å². The summed E-state index contributed by atoms with van der Waals surface area (Å²) < 4.78 is 10.0. The van der Waals surface area contributed by atoms with Gasteiger partial charge in [0, 0.05) is 5.57 Å². The second kappa shape index (κ2) is 7.36. The van der Waals surface area contributed by atoms with E-state index in [2.05, 4.69) is 6.58 Å². The zero-order chi connectivity index (χ0) is 14.3. The van der Waals surface area contributed by atoms with Crippen molar-refractivity contribution in [2.24, 2.45) is 0 Å². The molecule has 0 aliphatic rings. The van der Waals surface area contributed by atoms with Crippen LogP contribution >= 0.6 is 0 Å². The Kier molecular flexibility index (Phi) is 5.79. The number of carbonyl (C=O) groups is 2. The molecular weight excluding hydrogens is 244 g/mol. The molecule has 19 heavy (non-hydrogen) atoms. The zero-order valence-corrected chi connectivity index (χ0v) is 11.3. The van der Waals surface area contributed by atoms with Gasteiger partial charge in [-0.25, -0.2) is 9.59 Å². The molecule has 0 spiro atoms. The third kappa shape index (κ3) is 4.95. The van der Waals surface area contributed by atoms with E-state index in [1.54, 1.807) is 31.2 Å². The van der Waals surface area contributed by atoms with Crippen LogP contribution in [0.1, 0.15) is 36.2 Å². The molecule has 1 aromatic rings. The molecule has 0 amide bonds. The van der Waals surface area contributed by atoms with Gasteiger partial charge in [0.15, 0.2) is 0 Å². The van der Waals surface area contributed by atoms with Crippen LogP contribution in [0.3, 0.4) is 0 Å². The van der Waals surface area contributed by atoms with Gasteiger partial charge in [-0.1, -0.05) is 25.6 Å². The molecular formula is C15H18O4. The highest BCUT2D eigenvalue weighted by Crippen LogP contribution is 2.08. The molecule has 0 saturated heterocycles. The fraction of sp³-hybridized carbons (Fsp3) is 0.333. The van der Waals surface area contributed by atoms with Crippen molar-refractivity contribution < 1.29 is 19.1 Å². The summed E-state index contributed by atoms with van der Waals surface area (Å²) in [4.78, 5) is 22.8. The van der Waals surface area contributed by atoms with Gasteiger partial charge < -0.3 is 9.47 Å². The minimum absolute atomic E-state index is 0.163. The van der Waals surface area contributed by atoms with Gasteiger partial charge in [0.25, 0.3) is 0 Å². The van der Waals surface area contributed by atoms with E-state index >= 15 is 0 Å². The van der Waals surface area contributed by atoms with Crippen LogP contribution in [-0.2, 0) is 20.9 Å². The number of ether oxygens (including phenoxy) is 2. The first kappa shape index (κ1) is 15.0. The second-order valence-corrected chi connectivity index (χ2v) is 4.19. The van der Waals surface area contributed by atoms with Crippen LogP contribution < -0.4 is 0 Å². The van der Waals surface area contributed by atoms with Crippen LogP contribution in [0.2, 0.25) is 0 Å². The van der Waals surface area contributed by atoms with E-state index in [9.17, 15) is 9.59 Å². The summed E-state index contributed by atoms with van der Waals surface area (Å²) in [6, 6.07) is 6.77. The lowest BCUT2D eigenvalue weighted by Gasteiger charge is -2.06. The number of esters is 2. The van der Waals surface area contributed by atoms with Gasteiger partial charge in [0.1, 0.15) is 6.61 Å². The van der Waals surface area contributed by atoms with E-state index in [1.165, 1.54) is 0 Å². The summed E-state index contributed by atoms with van der Waals surface area (Å²) in [5.41, 5.74) is 1.66. The van der Waals surface area contributed by atoms with Gasteiger partial charge in [-0.15, -0.1) is 0 Å². The normalized spacial score (nSPS) is 9.79. The average Bonchev–Trinajstić information content (AvgIpc) is 2.42. The molecule has 0 aliphatic heterocycles. The quantitative estimate of drug-likeness (QED) is 0.584. The number of hydrogen-bond acceptors (Lipinski definition) is 4. The fourth-order valence-electron chi connectivity index (χ4n) is 1.29. The van der Waals surface area contributed by atoms with Crippen molar-refractivity contribution in [1.29, 1.82) is 0 Å². The lowest BCUT2D eigenvalue weighted by atomic mass is 10.1. The van der Waals surface area contributed by atoms with E-state index in [-0.39, 0.29) is 12.6 Å². The Morgan fingerprint density at radius 2 is 1.79 bits per heavy atom. The smallest absolute Gasteiger partial charge is 0.338 e. The van der Waals surface area contributed by atoms with Gasteiger partial charge in [0.2, 0.25) is 0 Å². The van der Waals surface area contributed by atoms with Crippen molar-refractivity contribution in [3.63, 3.8) is 0 Å². The van der Waals surface area contributed by atoms with Crippen LogP contribution in [0.5, 0.6) is 0 Å². The predicted molar refractivity (Wildman–Crippen MR) is 71.6 cm³/mol. The number of carbonyl (C=O) groups excluding carboxylic acids is 2. The topological polar surface area (TPSA) is 52.6 Å². The minimum atomic E-state index is -0.425. The van der Waals surface area contributed by atoms with Crippen LogP contribution in [0.15, 0.2) is 36.4 Å². The number of rotatable bonds is 6. The lowest BCUT2D eigenvalue weighted by molar-refractivity contribution is -0.140. The van der Waals surface area contributed by atoms with Gasteiger partial charge in [-0.2, -0.15) is 0 Å². The van der Waals surface area contributed by atoms with Gasteiger partial charge in [-0.05, 0) is 31.0 Å². The number of benzene rings is 1. The Balaban J connectivity index is 2.54. The molecule has 0 saturated carbocycles. The Morgan fingerprint density at radius 1 is 1.16 bits per heavy atom. The first-order valence-electron chi connectivity index (χ1n) is 6.13. The zero-order valence-electron chi connectivity index (χ0n) is 11.3. The Bertz CT molecular complexity index is 460. The van der Waals surface area contributed by atoms with Crippen molar-refractivity contribution in [3.8, 4) is 0 Å². The highest BCUT2D eigenvalue weighted by atomic mass is 16.5. The molecule has 0 atom stereocenters. The van der Waals surface area contributed by atoms with E-state index in [0.717, 1.165) is 12.0 Å². The molecule has 0 bridgehead atoms. The molecule has 4 heteroatoms. The monoisotopic (exact) mass is 262 g/mol. The number of hydrogen-bond donors (Lipinski definition) is 0. The Morgan fingerprint density at radius 3 is 2.32 bits per heavy atom. The molecule has 0 fully saturated rings. The lowest BCUT2D eigenvalue weighted by Crippen LogP contribution is -2.07. The summed E-state index contributed by atoms with van der Waals surface area (Å²) in [7, 11) is 0. The first-order chi connectivity index (χ1) is 9.04. The van der Waals surface area contributed by atoms with Crippen molar-refractivity contribution in [3.05, 3.63) is 47.5 Å². The summed E-state index contributed by atoms with van der Waals surface area (Å²) in [6.07, 6.45) is 0.792. The first-order valence-corrected chi connectivity index (χ1v) is 6.13. The highest BCUT2D eigenvalue weighted by molar-refractivity contribution is 5.89. The molecule has 1 aromatic carbocycles. The minimum Gasteiger partial charge on any atom is -0.462 e. The fourth-order valence-corrected chi connectivity index (χ4v) is 1.29. The van der Waals surface area contributed by atoms with E-state index < -0.39 is 5.97 Å². The molecule has 1 rings (SSSR count). The Hall–Kier alpha value is -2.10. The molecule has 0 radical (unpaired) electrons. The molecule has 0 unspecified atom stereocenters. The average molecular weight is 262 g/mol. The SMILES string of the molecule is C=C(C)C(=O)OCc1ccc(C(=O)OCCC)cc1. The van der Waals surface area contributed by atoms with Gasteiger partial charge >= 0.3 is 11.9 Å². The van der Waals surface area contributed by atoms with Crippen molar-refractivity contribution >= 4 is 11.9 Å². The van der Waals surface area contributed by atoms with Crippen LogP contribution in [-0.4, -0.2) is 18.5 Å². The molecule has 0 N–H and O–H groups in total. The van der Waals surface area contributed by atoms with Gasteiger partial charge in [-0.3, -0.25) is 0 Å². The second-order valence-electron chi connectivity index (χ2n) is 4.19. The van der Waals surface area contributed by atoms with Crippen molar-refractivity contribution in [2.45, 2.75) is 26.9 Å². The van der Waals surface area contributed by atoms with Crippen LogP contribution in [0.25, 0.3) is 0 Å². The third-order valence-corrected chi connectivity index (χ3v) is 2.35. The van der Waals surface area contributed by atoms with Gasteiger partial charge in [0.05, 0.1) is 12.2 Å². The highest BCUT2D eigenvalue weighted by Gasteiger charge is 2.07. The maximum atomic E-state index is 11.6. The van der Waals surface area contributed by atoms with E-state index in [0.29, 0.717) is 17.7 Å². The largest absolute Gasteiger partial charge is 0.462 e. The molecule has 0 aromatic heterocycles. The maximum Gasteiger partial charge on any atom is 0.338 e. The molecule has 4 nitrogen and oxygen atoms in total. The van der Waals surface area contributed by atoms with Crippen molar-refractivity contribution in [2.75, 3.05) is 6.61 Å². The molecule has 0 aliphatic carbocycles. The third-order valence-electron chi connectivity index (χ3n) is 2.35. The van der Waals surface area contributed by atoms with Crippen LogP contribution in [0.4, 0.5) is 0 Å². The molecule has 0 heterocycles.